The average Bonchev–Trinajstić information content (AvgIpc) is 2.15. The maximum Gasteiger partial charge on any atom is 0.217 e. The van der Waals surface area contributed by atoms with Crippen LogP contribution in [0, 0.1) is 0 Å². The van der Waals surface area contributed by atoms with E-state index in [0.29, 0.717) is 0 Å². The molecule has 1 rings (SSSR count). The fraction of sp³-hybridized carbons (Fsp3) is 1.00. The third-order valence-electron chi connectivity index (χ3n) is 2.17. The summed E-state index contributed by atoms with van der Waals surface area (Å²) in [6, 6.07) is -1.12. The molecule has 0 aliphatic carbocycles. The lowest BCUT2D eigenvalue weighted by Gasteiger charge is -2.34. The van der Waals surface area contributed by atoms with Gasteiger partial charge in [-0.1, -0.05) is 0 Å². The molecule has 1 aliphatic heterocycles. The molecule has 2 N–H and O–H groups in total. The Hall–Kier alpha value is -0.340. The third kappa shape index (κ3) is 6.01. The molecule has 0 radical (unpaired) electrons. The average molecular weight is 305 g/mol. The molecule has 1 aliphatic rings. The van der Waals surface area contributed by atoms with Crippen molar-refractivity contribution in [3.05, 3.63) is 0 Å². The number of aliphatic hydroxyl groups excluding tert-OH is 1. The highest BCUT2D eigenvalue weighted by molar-refractivity contribution is 7.83. The van der Waals surface area contributed by atoms with Gasteiger partial charge in [0.15, 0.2) is 10.3 Å². The zero-order chi connectivity index (χ0) is 14.0. The Morgan fingerprint density at radius 3 is 2.39 bits per heavy atom. The lowest BCUT2D eigenvalue weighted by molar-refractivity contribution is -0.0759. The lowest BCUT2D eigenvalue weighted by atomic mass is 10.0. The smallest absolute Gasteiger partial charge is 0.217 e. The van der Waals surface area contributed by atoms with Crippen LogP contribution in [0.4, 0.5) is 0 Å². The van der Waals surface area contributed by atoms with E-state index in [1.807, 2.05) is 0 Å². The Kier molecular flexibility index (Phi) is 5.02. The van der Waals surface area contributed by atoms with Crippen molar-refractivity contribution in [1.29, 1.82) is 0 Å². The first-order valence-corrected chi connectivity index (χ1v) is 7.44. The van der Waals surface area contributed by atoms with Crippen LogP contribution in [0.1, 0.15) is 6.42 Å². The summed E-state index contributed by atoms with van der Waals surface area (Å²) in [5.41, 5.74) is 0. The van der Waals surface area contributed by atoms with E-state index in [1.165, 1.54) is 0 Å². The van der Waals surface area contributed by atoms with Crippen LogP contribution < -0.4 is 4.72 Å². The van der Waals surface area contributed by atoms with Crippen LogP contribution in [-0.4, -0.2) is 62.5 Å². The summed E-state index contributed by atoms with van der Waals surface area (Å²) in [6.07, 6.45) is -2.30. The standard InChI is InChI=1S/C6H13NO9S2/c8-6-1-4(2-16-18(12,13)14)15-3-5(6)7-17(9,10)11/h4-8H,1-3H2,(H,9,10,11)(H,12,13,14)/p-2/t4?,5?,6-/m1/s1. The molecule has 2 unspecified atom stereocenters. The molecule has 1 saturated heterocycles. The normalized spacial score (nSPS) is 30.3. The molecule has 0 aromatic carbocycles. The molecule has 12 heteroatoms. The Morgan fingerprint density at radius 2 is 1.94 bits per heavy atom. The highest BCUT2D eigenvalue weighted by atomic mass is 32.3. The fourth-order valence-corrected chi connectivity index (χ4v) is 2.34. The molecule has 0 bridgehead atoms. The van der Waals surface area contributed by atoms with Gasteiger partial charge in [-0.2, -0.15) is 0 Å². The van der Waals surface area contributed by atoms with Crippen molar-refractivity contribution in [1.82, 2.24) is 4.72 Å². The van der Waals surface area contributed by atoms with E-state index in [9.17, 15) is 31.0 Å². The number of ether oxygens (including phenoxy) is 1. The topological polar surface area (TPSA) is 165 Å². The lowest BCUT2D eigenvalue weighted by Crippen LogP contribution is -2.52. The van der Waals surface area contributed by atoms with Crippen LogP contribution in [0.25, 0.3) is 0 Å². The Labute approximate surface area is 104 Å². The van der Waals surface area contributed by atoms with Gasteiger partial charge >= 0.3 is 0 Å². The van der Waals surface area contributed by atoms with Gasteiger partial charge in [-0.3, -0.25) is 4.18 Å². The van der Waals surface area contributed by atoms with Gasteiger partial charge < -0.3 is 18.9 Å². The first-order chi connectivity index (χ1) is 8.07. The first kappa shape index (κ1) is 15.7. The fourth-order valence-electron chi connectivity index (χ4n) is 1.43. The maximum atomic E-state index is 10.4. The zero-order valence-electron chi connectivity index (χ0n) is 8.88. The minimum Gasteiger partial charge on any atom is -0.735 e. The molecular formula is C6H11NO9S2-2. The molecule has 0 spiro atoms. The molecule has 108 valence electrons. The van der Waals surface area contributed by atoms with Crippen molar-refractivity contribution in [2.45, 2.75) is 24.7 Å². The van der Waals surface area contributed by atoms with Gasteiger partial charge in [-0.25, -0.2) is 21.6 Å². The second kappa shape index (κ2) is 5.75. The summed E-state index contributed by atoms with van der Waals surface area (Å²) in [4.78, 5) is 0. The number of nitrogens with one attached hydrogen (secondary N) is 1. The second-order valence-electron chi connectivity index (χ2n) is 3.63. The largest absolute Gasteiger partial charge is 0.735 e. The third-order valence-corrected chi connectivity index (χ3v) is 3.19. The van der Waals surface area contributed by atoms with Gasteiger partial charge in [0.2, 0.25) is 10.4 Å². The zero-order valence-corrected chi connectivity index (χ0v) is 10.5. The second-order valence-corrected chi connectivity index (χ2v) is 5.83. The van der Waals surface area contributed by atoms with Crippen LogP contribution in [0.5, 0.6) is 0 Å². The molecule has 0 aromatic rings. The Balaban J connectivity index is 2.46. The van der Waals surface area contributed by atoms with Crippen molar-refractivity contribution in [3.8, 4) is 0 Å². The molecule has 18 heavy (non-hydrogen) atoms. The van der Waals surface area contributed by atoms with Gasteiger partial charge in [0.05, 0.1) is 31.5 Å². The predicted octanol–water partition coefficient (Wildman–Crippen LogP) is -2.97. The van der Waals surface area contributed by atoms with Crippen LogP contribution >= 0.6 is 0 Å². The molecule has 0 amide bonds. The minimum absolute atomic E-state index is 0.178. The Bertz CT molecular complexity index is 471. The van der Waals surface area contributed by atoms with Crippen molar-refractivity contribution < 1.29 is 40.0 Å². The summed E-state index contributed by atoms with van der Waals surface area (Å²) >= 11 is 0. The van der Waals surface area contributed by atoms with Crippen molar-refractivity contribution in [3.63, 3.8) is 0 Å². The maximum absolute atomic E-state index is 10.4. The van der Waals surface area contributed by atoms with Crippen LogP contribution in [0.15, 0.2) is 0 Å². The summed E-state index contributed by atoms with van der Waals surface area (Å²) < 4.78 is 72.3. The summed E-state index contributed by atoms with van der Waals surface area (Å²) in [7, 11) is -9.58. The first-order valence-electron chi connectivity index (χ1n) is 4.70. The van der Waals surface area contributed by atoms with Gasteiger partial charge in [-0.15, -0.1) is 0 Å². The van der Waals surface area contributed by atoms with E-state index in [0.717, 1.165) is 0 Å². The van der Waals surface area contributed by atoms with Gasteiger partial charge in [0.25, 0.3) is 0 Å². The monoisotopic (exact) mass is 305 g/mol. The Morgan fingerprint density at radius 1 is 1.33 bits per heavy atom. The van der Waals surface area contributed by atoms with Crippen LogP contribution in [0.2, 0.25) is 0 Å². The van der Waals surface area contributed by atoms with Gasteiger partial charge in [-0.05, 0) is 0 Å². The highest BCUT2D eigenvalue weighted by Gasteiger charge is 2.31. The van der Waals surface area contributed by atoms with E-state index in [2.05, 4.69) is 4.18 Å². The van der Waals surface area contributed by atoms with E-state index >= 15 is 0 Å². The predicted molar refractivity (Wildman–Crippen MR) is 52.6 cm³/mol. The number of hydrogen-bond donors (Lipinski definition) is 2. The number of rotatable bonds is 5. The molecule has 10 nitrogen and oxygen atoms in total. The SMILES string of the molecule is O=S(=O)([O-])NC1COC(COS(=O)(=O)[O-])C[C@H]1O. The molecular weight excluding hydrogens is 294 g/mol. The quantitative estimate of drug-likeness (QED) is 0.398. The summed E-state index contributed by atoms with van der Waals surface area (Å²) in [5, 5.41) is 9.50. The molecule has 1 heterocycles. The van der Waals surface area contributed by atoms with Crippen molar-refractivity contribution in [2.24, 2.45) is 0 Å². The highest BCUT2D eigenvalue weighted by Crippen LogP contribution is 2.15. The van der Waals surface area contributed by atoms with Crippen molar-refractivity contribution >= 4 is 20.7 Å². The molecule has 0 aromatic heterocycles. The molecule has 1 fully saturated rings. The van der Waals surface area contributed by atoms with Crippen LogP contribution in [-0.2, 0) is 29.6 Å². The minimum atomic E-state index is -4.86. The van der Waals surface area contributed by atoms with Crippen LogP contribution in [0.3, 0.4) is 0 Å². The number of hydrogen-bond acceptors (Lipinski definition) is 9. The van der Waals surface area contributed by atoms with E-state index in [4.69, 9.17) is 4.74 Å². The molecule has 3 atom stereocenters. The summed E-state index contributed by atoms with van der Waals surface area (Å²) in [6.45, 7) is -0.921. The summed E-state index contributed by atoms with van der Waals surface area (Å²) in [5.74, 6) is 0. The molecule has 0 saturated carbocycles. The number of aliphatic hydroxyl groups is 1. The van der Waals surface area contributed by atoms with E-state index in [1.54, 1.807) is 4.72 Å². The van der Waals surface area contributed by atoms with E-state index in [-0.39, 0.29) is 13.0 Å². The van der Waals surface area contributed by atoms with E-state index < -0.39 is 45.6 Å². The van der Waals surface area contributed by atoms with Crippen molar-refractivity contribution in [2.75, 3.05) is 13.2 Å². The van der Waals surface area contributed by atoms with Gasteiger partial charge in [0.1, 0.15) is 0 Å². The van der Waals surface area contributed by atoms with Gasteiger partial charge in [0, 0.05) is 6.42 Å².